The fraction of sp³-hybridized carbons (Fsp3) is 0. The molecule has 0 N–H and O–H groups in total. The summed E-state index contributed by atoms with van der Waals surface area (Å²) in [4.78, 5) is 12.8. The van der Waals surface area contributed by atoms with Crippen LogP contribution in [-0.2, 0) is 0 Å². The molecule has 0 radical (unpaired) electrons. The van der Waals surface area contributed by atoms with Crippen LogP contribution in [0.2, 0.25) is 5.02 Å². The fourth-order valence-corrected chi connectivity index (χ4v) is 9.69. The molecule has 0 aliphatic carbocycles. The van der Waals surface area contributed by atoms with E-state index in [1.54, 1.807) is 24.3 Å². The molecule has 0 heterocycles. The van der Waals surface area contributed by atoms with Gasteiger partial charge >= 0.3 is 159 Å². The van der Waals surface area contributed by atoms with Gasteiger partial charge in [0, 0.05) is 0 Å². The third-order valence-corrected chi connectivity index (χ3v) is 12.9. The van der Waals surface area contributed by atoms with Crippen LogP contribution in [0.5, 0.6) is 0 Å². The summed E-state index contributed by atoms with van der Waals surface area (Å²) in [5.74, 6) is 0. The average molecular weight is 436 g/mol. The molecule has 3 aromatic carbocycles. The maximum absolute atomic E-state index is 12.8. The van der Waals surface area contributed by atoms with Crippen molar-refractivity contribution in [3.8, 4) is 0 Å². The molecule has 0 aliphatic heterocycles. The predicted molar refractivity (Wildman–Crippen MR) is 108 cm³/mol. The molecule has 120 valence electrons. The molecule has 3 aromatic rings. The first-order valence-corrected chi connectivity index (χ1v) is 13.1. The Labute approximate surface area is 158 Å². The van der Waals surface area contributed by atoms with Gasteiger partial charge in [0.25, 0.3) is 0 Å². The van der Waals surface area contributed by atoms with E-state index in [9.17, 15) is 4.79 Å². The summed E-state index contributed by atoms with van der Waals surface area (Å²) in [6.45, 7) is 0. The maximum atomic E-state index is 12.8. The Kier molecular flexibility index (Phi) is 5.81. The second-order valence-corrected chi connectivity index (χ2v) is 15.4. The van der Waals surface area contributed by atoms with E-state index in [1.165, 1.54) is 11.4 Å². The van der Waals surface area contributed by atoms with Crippen LogP contribution in [0.3, 0.4) is 0 Å². The van der Waals surface area contributed by atoms with E-state index in [-0.39, 0.29) is 5.12 Å². The van der Waals surface area contributed by atoms with Gasteiger partial charge in [0.1, 0.15) is 0 Å². The molecule has 0 aromatic heterocycles. The number of hydrogen-bond donors (Lipinski definition) is 0. The van der Waals surface area contributed by atoms with Gasteiger partial charge in [-0.3, -0.25) is 0 Å². The molecule has 0 fully saturated rings. The number of carbonyl (C=O) groups excluding carboxylic acids is 1. The standard InChI is InChI=1S/C19H14ClOPSSe/c20-16-13-11-15(12-14-16)19(21)23-22(24,17-7-3-1-4-8-17)18-9-5-2-6-10-18/h1-14H. The molecule has 0 saturated heterocycles. The third kappa shape index (κ3) is 3.94. The Balaban J connectivity index is 2.02. The number of hydrogen-bond acceptors (Lipinski definition) is 2. The van der Waals surface area contributed by atoms with Crippen molar-refractivity contribution in [3.05, 3.63) is 95.5 Å². The van der Waals surface area contributed by atoms with E-state index < -0.39 is 4.71 Å². The Hall–Kier alpha value is -1.08. The molecule has 1 nitrogen and oxygen atoms in total. The van der Waals surface area contributed by atoms with E-state index in [2.05, 4.69) is 39.4 Å². The predicted octanol–water partition coefficient (Wildman–Crippen LogP) is 4.88. The summed E-state index contributed by atoms with van der Waals surface area (Å²) < 4.78 is -2.00. The van der Waals surface area contributed by atoms with Crippen molar-refractivity contribution in [2.75, 3.05) is 0 Å². The second kappa shape index (κ2) is 7.87. The Morgan fingerprint density at radius 2 is 1.25 bits per heavy atom. The van der Waals surface area contributed by atoms with Crippen LogP contribution in [0.25, 0.3) is 0 Å². The molecule has 0 atom stereocenters. The van der Waals surface area contributed by atoms with E-state index in [4.69, 9.17) is 11.6 Å². The van der Waals surface area contributed by atoms with Gasteiger partial charge in [0.15, 0.2) is 0 Å². The molecule has 0 aliphatic rings. The molecular formula is C19H14ClOPSSe. The summed E-state index contributed by atoms with van der Waals surface area (Å²) in [6.07, 6.45) is 0. The zero-order chi connectivity index (χ0) is 17.0. The van der Waals surface area contributed by atoms with Crippen LogP contribution in [0.15, 0.2) is 84.9 Å². The molecule has 5 heteroatoms. The quantitative estimate of drug-likeness (QED) is 0.429. The summed E-state index contributed by atoms with van der Waals surface area (Å²) in [5, 5.41) is 2.99. The fourth-order valence-electron chi connectivity index (χ4n) is 2.26. The van der Waals surface area contributed by atoms with E-state index >= 15 is 0 Å². The third-order valence-electron chi connectivity index (χ3n) is 3.48. The van der Waals surface area contributed by atoms with Gasteiger partial charge in [-0.2, -0.15) is 0 Å². The minimum absolute atomic E-state index is 0.0476. The molecule has 0 unspecified atom stereocenters. The van der Waals surface area contributed by atoms with Crippen molar-refractivity contribution >= 4 is 58.5 Å². The van der Waals surface area contributed by atoms with Gasteiger partial charge in [0.2, 0.25) is 0 Å². The normalized spacial score (nSPS) is 11.2. The van der Waals surface area contributed by atoms with Gasteiger partial charge < -0.3 is 0 Å². The molecule has 0 spiro atoms. The zero-order valence-corrected chi connectivity index (χ0v) is 16.8. The number of rotatable bonds is 4. The van der Waals surface area contributed by atoms with Crippen molar-refractivity contribution in [2.24, 2.45) is 0 Å². The monoisotopic (exact) mass is 436 g/mol. The molecule has 3 rings (SSSR count). The number of halogens is 1. The Morgan fingerprint density at radius 3 is 1.71 bits per heavy atom. The first kappa shape index (κ1) is 17.7. The first-order chi connectivity index (χ1) is 11.6. The second-order valence-electron chi connectivity index (χ2n) is 5.11. The Morgan fingerprint density at radius 1 is 0.792 bits per heavy atom. The van der Waals surface area contributed by atoms with Crippen LogP contribution in [0, 0.1) is 0 Å². The SMILES string of the molecule is O=C(SP(=[Se])(c1ccccc1)c1ccccc1)c1ccc(Cl)cc1. The number of benzene rings is 3. The van der Waals surface area contributed by atoms with Crippen molar-refractivity contribution in [2.45, 2.75) is 0 Å². The van der Waals surface area contributed by atoms with E-state index in [0.717, 1.165) is 10.6 Å². The van der Waals surface area contributed by atoms with Crippen LogP contribution in [-0.4, -0.2) is 20.2 Å². The molecule has 24 heavy (non-hydrogen) atoms. The van der Waals surface area contributed by atoms with E-state index in [0.29, 0.717) is 10.6 Å². The van der Waals surface area contributed by atoms with Crippen molar-refractivity contribution in [1.29, 1.82) is 0 Å². The minimum atomic E-state index is -2.00. The van der Waals surface area contributed by atoms with Crippen LogP contribution in [0.1, 0.15) is 10.4 Å². The van der Waals surface area contributed by atoms with Gasteiger partial charge in [-0.15, -0.1) is 0 Å². The molecule has 0 saturated carbocycles. The van der Waals surface area contributed by atoms with E-state index in [1.807, 2.05) is 36.4 Å². The topological polar surface area (TPSA) is 17.1 Å². The summed E-state index contributed by atoms with van der Waals surface area (Å²) in [7, 11) is 0. The molecule has 0 amide bonds. The van der Waals surface area contributed by atoms with Crippen LogP contribution < -0.4 is 10.6 Å². The molecule has 0 bridgehead atoms. The number of carbonyl (C=O) groups is 1. The molecular weight excluding hydrogens is 422 g/mol. The van der Waals surface area contributed by atoms with Gasteiger partial charge in [0.05, 0.1) is 0 Å². The van der Waals surface area contributed by atoms with Crippen LogP contribution >= 0.6 is 27.7 Å². The van der Waals surface area contributed by atoms with Crippen molar-refractivity contribution < 1.29 is 4.79 Å². The summed E-state index contributed by atoms with van der Waals surface area (Å²) in [6, 6.07) is 27.4. The summed E-state index contributed by atoms with van der Waals surface area (Å²) >= 11 is 10.7. The van der Waals surface area contributed by atoms with Gasteiger partial charge in [-0.05, 0) is 0 Å². The zero-order valence-electron chi connectivity index (χ0n) is 12.6. The Bertz CT molecular complexity index is 839. The van der Waals surface area contributed by atoms with Crippen molar-refractivity contribution in [3.63, 3.8) is 0 Å². The first-order valence-electron chi connectivity index (χ1n) is 7.30. The summed E-state index contributed by atoms with van der Waals surface area (Å²) in [5.41, 5.74) is 0.663. The van der Waals surface area contributed by atoms with Gasteiger partial charge in [-0.1, -0.05) is 0 Å². The van der Waals surface area contributed by atoms with Crippen molar-refractivity contribution in [1.82, 2.24) is 0 Å². The average Bonchev–Trinajstić information content (AvgIpc) is 2.63. The van der Waals surface area contributed by atoms with Gasteiger partial charge in [-0.25, -0.2) is 0 Å². The van der Waals surface area contributed by atoms with Crippen LogP contribution in [0.4, 0.5) is 0 Å².